The van der Waals surface area contributed by atoms with Crippen molar-refractivity contribution in [2.45, 2.75) is 264 Å². The van der Waals surface area contributed by atoms with Crippen LogP contribution < -0.4 is 64.6 Å². The lowest BCUT2D eigenvalue weighted by Crippen LogP contribution is -2.64. The number of carbonyl (C=O) groups excluding carboxylic acids is 14. The molecule has 1 aromatic rings. The monoisotopic (exact) mass is 1500 g/mol. The molecule has 2 aliphatic heterocycles. The van der Waals surface area contributed by atoms with E-state index in [1.54, 1.807) is 41.5 Å². The number of fused-ring (bicyclic) bond motifs is 1. The maximum Gasteiger partial charge on any atom is 0.404 e. The molecule has 3 unspecified atom stereocenters. The van der Waals surface area contributed by atoms with Crippen LogP contribution in [0.5, 0.6) is 5.75 Å². The summed E-state index contributed by atoms with van der Waals surface area (Å²) in [6.07, 6.45) is -8.70. The van der Waals surface area contributed by atoms with Crippen molar-refractivity contribution in [2.24, 2.45) is 47.0 Å². The molecule has 19 atom stereocenters. The summed E-state index contributed by atoms with van der Waals surface area (Å²) in [5.41, 5.74) is 11.2. The number of primary amides is 2. The first kappa shape index (κ1) is 91.4. The Morgan fingerprint density at radius 3 is 1.66 bits per heavy atom. The maximum atomic E-state index is 15.0. The number of nitrogens with zero attached hydrogens (tertiary/aromatic N) is 2. The van der Waals surface area contributed by atoms with Gasteiger partial charge in [-0.2, -0.15) is 0 Å². The Bertz CT molecular complexity index is 3160. The highest BCUT2D eigenvalue weighted by Crippen LogP contribution is 2.27. The number of amides is 14. The van der Waals surface area contributed by atoms with E-state index >= 15 is 4.79 Å². The van der Waals surface area contributed by atoms with Crippen molar-refractivity contribution < 1.29 is 102 Å². The zero-order valence-electron chi connectivity index (χ0n) is 63.5. The molecule has 0 saturated carbocycles. The number of phenolic OH excluding ortho intramolecular Hbond substituents is 1. The van der Waals surface area contributed by atoms with Crippen LogP contribution in [0.1, 0.15) is 166 Å². The Balaban J connectivity index is 2.40. The molecule has 1 aromatic carbocycles. The molecular weight excluding hydrogens is 1380 g/mol. The van der Waals surface area contributed by atoms with Crippen LogP contribution in [0, 0.1) is 35.5 Å². The van der Waals surface area contributed by atoms with Gasteiger partial charge in [0.05, 0.1) is 31.5 Å². The Morgan fingerprint density at radius 2 is 1.11 bits per heavy atom. The van der Waals surface area contributed by atoms with Crippen LogP contribution in [-0.2, 0) is 73.5 Å². The number of aliphatic hydroxyl groups is 5. The van der Waals surface area contributed by atoms with Gasteiger partial charge in [0.25, 0.3) is 0 Å². The van der Waals surface area contributed by atoms with Crippen LogP contribution >= 0.6 is 0 Å². The molecule has 0 spiro atoms. The molecule has 0 bridgehead atoms. The second kappa shape index (κ2) is 43.7. The second-order valence-corrected chi connectivity index (χ2v) is 29.1. The molecule has 0 radical (unpaired) electrons. The number of ether oxygens (including phenoxy) is 1. The van der Waals surface area contributed by atoms with Crippen molar-refractivity contribution in [1.82, 2.24) is 63.0 Å². The van der Waals surface area contributed by atoms with E-state index in [9.17, 15) is 93.0 Å². The third kappa shape index (κ3) is 27.5. The van der Waals surface area contributed by atoms with E-state index in [2.05, 4.69) is 53.2 Å². The van der Waals surface area contributed by atoms with E-state index in [0.29, 0.717) is 24.8 Å². The highest BCUT2D eigenvalue weighted by Gasteiger charge is 2.49. The van der Waals surface area contributed by atoms with Gasteiger partial charge in [-0.05, 0) is 73.5 Å². The first-order valence-electron chi connectivity index (χ1n) is 36.6. The number of unbranched alkanes of at least 4 members (excludes halogenated alkanes) is 2. The molecule has 2 heterocycles. The maximum absolute atomic E-state index is 15.0. The van der Waals surface area contributed by atoms with Gasteiger partial charge in [0, 0.05) is 51.2 Å². The van der Waals surface area contributed by atoms with Gasteiger partial charge < -0.3 is 110 Å². The molecular formula is C71H118N14O21. The molecule has 14 amide bonds. The largest absolute Gasteiger partial charge is 0.508 e. The first-order chi connectivity index (χ1) is 49.6. The first-order valence-corrected chi connectivity index (χ1v) is 36.6. The SMILES string of the molecule is CCCCC[C@@H]1CC(=O)N[C@@H]([C@H](C)CC)C(=O)N[C@H](C(O)C(C)C)C(=O)N[C@@H](CCOC(N)=O)C(=O)N[C@H](CC(C)C)C(=O)N[C@@H](CCC(N)=O)C(=O)N(C)[C@@H]([C@@H](C)CC)C(=O)N[C@H](C(O)CO)C(=O)N[C@H](C(C)C)C(=O)N2CC(C)[C@H](O)[C@H]2C(=O)N[C@H](Cc2ccc(O)cc2)C(=O)N[C@@H]([C@@H](C)O)C(=O)N1. The third-order valence-corrected chi connectivity index (χ3v) is 19.2. The standard InChI is InChI=1S/C71H118N14O21/c1-15-18-19-20-42-31-50(91)79-52(37(10)16-2)63(97)83-55(58(92)36(8)9)66(100)75-44(27-28-106-71(73)105)60(94)77-46(29-34(4)5)61(95)76-45(25-26-49(72)90)69(103)84(14)56(38(11)17-3)67(101)82-54(48(89)33-86)65(99)80-51(35(6)7)70(104)85-32-39(12)59(93)57(85)68(102)78-47(30-41-21-23-43(88)24-22-41)62(96)81-53(40(13)87)64(98)74-42/h21-24,34-40,42,44-48,51-59,86-89,92-93H,15-20,25-33H2,1-14H3,(H2,72,90)(H2,73,105)(H,74,98)(H,75,100)(H,76,95)(H,77,94)(H,78,102)(H,79,91)(H,80,99)(H,81,96)(H,82,101)(H,83,97)/t37-,38+,39?,40-,42-,44+,45+,46-,47-,48?,51-,52+,53+,54-,55-,56+,57+,58?,59+/m1/s1. The van der Waals surface area contributed by atoms with E-state index in [1.807, 2.05) is 6.92 Å². The Hall–Kier alpha value is -8.80. The molecule has 2 fully saturated rings. The highest BCUT2D eigenvalue weighted by atomic mass is 16.5. The fourth-order valence-electron chi connectivity index (χ4n) is 12.4. The molecule has 35 nitrogen and oxygen atoms in total. The Kier molecular flexibility index (Phi) is 37.7. The molecule has 598 valence electrons. The van der Waals surface area contributed by atoms with Crippen molar-refractivity contribution >= 4 is 82.9 Å². The van der Waals surface area contributed by atoms with Crippen LogP contribution in [0.15, 0.2) is 24.3 Å². The quantitative estimate of drug-likeness (QED) is 0.0462. The Morgan fingerprint density at radius 1 is 0.585 bits per heavy atom. The van der Waals surface area contributed by atoms with E-state index < -0.39 is 254 Å². The van der Waals surface area contributed by atoms with Crippen LogP contribution in [0.25, 0.3) is 0 Å². The van der Waals surface area contributed by atoms with Crippen molar-refractivity contribution in [2.75, 3.05) is 26.8 Å². The molecule has 20 N–H and O–H groups in total. The number of phenols is 1. The average molecular weight is 1500 g/mol. The predicted octanol–water partition coefficient (Wildman–Crippen LogP) is -2.90. The fraction of sp³-hybridized carbons (Fsp3) is 0.718. The minimum Gasteiger partial charge on any atom is -0.508 e. The lowest BCUT2D eigenvalue weighted by molar-refractivity contribution is -0.147. The lowest BCUT2D eigenvalue weighted by atomic mass is 9.94. The van der Waals surface area contributed by atoms with Gasteiger partial charge in [-0.25, -0.2) is 4.79 Å². The highest BCUT2D eigenvalue weighted by molar-refractivity contribution is 6.00. The normalized spacial score (nSPS) is 27.7. The molecule has 0 aliphatic carbocycles. The number of carbonyl (C=O) groups is 14. The van der Waals surface area contributed by atoms with Crippen LogP contribution in [0.4, 0.5) is 4.79 Å². The predicted molar refractivity (Wildman–Crippen MR) is 385 cm³/mol. The minimum atomic E-state index is -2.10. The van der Waals surface area contributed by atoms with Crippen molar-refractivity contribution in [1.29, 1.82) is 0 Å². The van der Waals surface area contributed by atoms with Crippen molar-refractivity contribution in [3.05, 3.63) is 29.8 Å². The van der Waals surface area contributed by atoms with Crippen LogP contribution in [0.3, 0.4) is 0 Å². The minimum absolute atomic E-state index is 0.145. The van der Waals surface area contributed by atoms with Gasteiger partial charge >= 0.3 is 6.09 Å². The van der Waals surface area contributed by atoms with Crippen LogP contribution in [-0.4, -0.2) is 247 Å². The second-order valence-electron chi connectivity index (χ2n) is 29.1. The van der Waals surface area contributed by atoms with E-state index in [-0.39, 0.29) is 44.4 Å². The molecule has 0 aromatic heterocycles. The summed E-state index contributed by atoms with van der Waals surface area (Å²) in [5, 5.41) is 92.1. The number of likely N-dealkylation sites (N-methyl/N-ethyl adjacent to an activating group) is 1. The fourth-order valence-corrected chi connectivity index (χ4v) is 12.4. The number of nitrogens with one attached hydrogen (secondary N) is 10. The number of rotatable bonds is 24. The van der Waals surface area contributed by atoms with Gasteiger partial charge in [0.2, 0.25) is 76.8 Å². The summed E-state index contributed by atoms with van der Waals surface area (Å²) >= 11 is 0. The average Bonchev–Trinajstić information content (AvgIpc) is 1.66. The summed E-state index contributed by atoms with van der Waals surface area (Å²) < 4.78 is 4.93. The summed E-state index contributed by atoms with van der Waals surface area (Å²) in [7, 11) is 1.17. The van der Waals surface area contributed by atoms with E-state index in [1.165, 1.54) is 72.9 Å². The number of hydrogen-bond donors (Lipinski definition) is 18. The van der Waals surface area contributed by atoms with Crippen LogP contribution in [0.2, 0.25) is 0 Å². The third-order valence-electron chi connectivity index (χ3n) is 19.2. The molecule has 2 aliphatic rings. The van der Waals surface area contributed by atoms with E-state index in [0.717, 1.165) is 9.80 Å². The number of aliphatic hydroxyl groups excluding tert-OH is 5. The molecule has 2 saturated heterocycles. The Labute approximate surface area is 619 Å². The number of benzene rings is 1. The van der Waals surface area contributed by atoms with E-state index in [4.69, 9.17) is 16.2 Å². The molecule has 3 rings (SSSR count). The smallest absolute Gasteiger partial charge is 0.404 e. The zero-order chi connectivity index (χ0) is 80.3. The van der Waals surface area contributed by atoms with Crippen molar-refractivity contribution in [3.63, 3.8) is 0 Å². The molecule has 35 heteroatoms. The zero-order valence-corrected chi connectivity index (χ0v) is 63.5. The number of aromatic hydroxyl groups is 1. The topological polar surface area (TPSA) is 548 Å². The van der Waals surface area contributed by atoms with Gasteiger partial charge in [0.15, 0.2) is 0 Å². The van der Waals surface area contributed by atoms with Gasteiger partial charge in [0.1, 0.15) is 78.3 Å². The van der Waals surface area contributed by atoms with Gasteiger partial charge in [-0.3, -0.25) is 62.3 Å². The van der Waals surface area contributed by atoms with Gasteiger partial charge in [-0.15, -0.1) is 0 Å². The number of hydrogen-bond acceptors (Lipinski definition) is 21. The number of nitrogens with two attached hydrogens (primary N) is 2. The van der Waals surface area contributed by atoms with Crippen molar-refractivity contribution in [3.8, 4) is 5.75 Å². The summed E-state index contributed by atoms with van der Waals surface area (Å²) in [6.45, 7) is 18.4. The lowest BCUT2D eigenvalue weighted by Gasteiger charge is -2.36. The summed E-state index contributed by atoms with van der Waals surface area (Å²) in [5.74, 6) is -18.2. The van der Waals surface area contributed by atoms with Gasteiger partial charge in [-0.1, -0.05) is 127 Å². The summed E-state index contributed by atoms with van der Waals surface area (Å²) in [6, 6.07) is -14.6. The summed E-state index contributed by atoms with van der Waals surface area (Å²) in [4.78, 5) is 203. The molecule has 106 heavy (non-hydrogen) atoms.